The molecule has 0 amide bonds. The predicted octanol–water partition coefficient (Wildman–Crippen LogP) is 7.07. The second-order valence-corrected chi connectivity index (χ2v) is 8.36. The van der Waals surface area contributed by atoms with E-state index in [2.05, 4.69) is 6.92 Å². The Morgan fingerprint density at radius 3 is 1.67 bits per heavy atom. The van der Waals surface area contributed by atoms with E-state index >= 15 is 0 Å². The van der Waals surface area contributed by atoms with E-state index in [9.17, 15) is 13.2 Å². The van der Waals surface area contributed by atoms with E-state index in [-0.39, 0.29) is 24.2 Å². The molecule has 0 saturated heterocycles. The molecular weight excluding hydrogens is 309 g/mol. The molecule has 0 aromatic carbocycles. The summed E-state index contributed by atoms with van der Waals surface area (Å²) in [6, 6.07) is 0. The van der Waals surface area contributed by atoms with Crippen LogP contribution in [0.25, 0.3) is 0 Å². The van der Waals surface area contributed by atoms with Gasteiger partial charge >= 0.3 is 0 Å². The van der Waals surface area contributed by atoms with Gasteiger partial charge in [-0.25, -0.2) is 13.2 Å². The van der Waals surface area contributed by atoms with E-state index in [4.69, 9.17) is 0 Å². The Hall–Kier alpha value is -0.210. The lowest BCUT2D eigenvalue weighted by Gasteiger charge is -2.43. The van der Waals surface area contributed by atoms with Crippen LogP contribution in [0.4, 0.5) is 13.2 Å². The average molecular weight is 347 g/mol. The smallest absolute Gasteiger partial charge is 0.106 e. The third kappa shape index (κ3) is 4.91. The van der Waals surface area contributed by atoms with Crippen molar-refractivity contribution < 1.29 is 13.2 Å². The maximum atomic E-state index is 14.7. The van der Waals surface area contributed by atoms with Crippen LogP contribution in [0.3, 0.4) is 0 Å². The van der Waals surface area contributed by atoms with Gasteiger partial charge in [-0.1, -0.05) is 33.6 Å². The lowest BCUT2D eigenvalue weighted by Crippen LogP contribution is -2.39. The first-order valence-electron chi connectivity index (χ1n) is 10.5. The molecule has 6 unspecified atom stereocenters. The number of alkyl halides is 3. The first-order valence-corrected chi connectivity index (χ1v) is 10.5. The van der Waals surface area contributed by atoms with Gasteiger partial charge in [-0.05, 0) is 74.5 Å². The monoisotopic (exact) mass is 346 g/mol. The van der Waals surface area contributed by atoms with Gasteiger partial charge in [0.15, 0.2) is 0 Å². The molecule has 0 nitrogen and oxygen atoms in total. The van der Waals surface area contributed by atoms with Crippen molar-refractivity contribution in [2.75, 3.05) is 0 Å². The first-order chi connectivity index (χ1) is 11.5. The molecule has 3 aliphatic rings. The van der Waals surface area contributed by atoms with E-state index in [1.807, 2.05) is 13.8 Å². The number of halogens is 3. The van der Waals surface area contributed by atoms with E-state index < -0.39 is 18.5 Å². The Morgan fingerprint density at radius 1 is 0.583 bits per heavy atom. The molecule has 6 atom stereocenters. The lowest BCUT2D eigenvalue weighted by molar-refractivity contribution is 0.00320. The zero-order chi connectivity index (χ0) is 17.7. The summed E-state index contributed by atoms with van der Waals surface area (Å²) in [5, 5.41) is 0. The molecule has 3 aliphatic carbocycles. The Kier molecular flexibility index (Phi) is 7.94. The molecule has 0 spiro atoms. The van der Waals surface area contributed by atoms with Crippen molar-refractivity contribution in [2.24, 2.45) is 29.6 Å². The Balaban J connectivity index is 0.00000100. The van der Waals surface area contributed by atoms with Crippen molar-refractivity contribution in [3.05, 3.63) is 0 Å². The third-order valence-electron chi connectivity index (χ3n) is 6.89. The molecule has 3 heteroatoms. The van der Waals surface area contributed by atoms with Gasteiger partial charge in [0.05, 0.1) is 0 Å². The van der Waals surface area contributed by atoms with Gasteiger partial charge in [-0.15, -0.1) is 0 Å². The van der Waals surface area contributed by atoms with Crippen molar-refractivity contribution in [3.63, 3.8) is 0 Å². The predicted molar refractivity (Wildman–Crippen MR) is 95.3 cm³/mol. The maximum absolute atomic E-state index is 14.7. The summed E-state index contributed by atoms with van der Waals surface area (Å²) in [4.78, 5) is 0. The molecular formula is C21H37F3. The van der Waals surface area contributed by atoms with Crippen LogP contribution in [0, 0.1) is 29.6 Å². The molecule has 3 fully saturated rings. The molecule has 0 N–H and O–H groups in total. The van der Waals surface area contributed by atoms with Crippen LogP contribution in [-0.4, -0.2) is 18.5 Å². The molecule has 142 valence electrons. The highest BCUT2D eigenvalue weighted by atomic mass is 19.1. The van der Waals surface area contributed by atoms with Crippen LogP contribution >= 0.6 is 0 Å². The van der Waals surface area contributed by atoms with Gasteiger partial charge in [0.25, 0.3) is 0 Å². The highest BCUT2D eigenvalue weighted by molar-refractivity contribution is 4.92. The van der Waals surface area contributed by atoms with Gasteiger partial charge in [0.2, 0.25) is 0 Å². The van der Waals surface area contributed by atoms with E-state index in [1.165, 1.54) is 25.7 Å². The summed E-state index contributed by atoms with van der Waals surface area (Å²) in [5.41, 5.74) is 0. The van der Waals surface area contributed by atoms with Crippen LogP contribution in [0.1, 0.15) is 85.0 Å². The van der Waals surface area contributed by atoms with Crippen molar-refractivity contribution in [2.45, 2.75) is 103 Å². The topological polar surface area (TPSA) is 0 Å². The van der Waals surface area contributed by atoms with Crippen LogP contribution in [-0.2, 0) is 0 Å². The lowest BCUT2D eigenvalue weighted by atomic mass is 9.64. The number of rotatable bonds is 2. The Morgan fingerprint density at radius 2 is 1.08 bits per heavy atom. The van der Waals surface area contributed by atoms with Gasteiger partial charge in [0.1, 0.15) is 18.5 Å². The van der Waals surface area contributed by atoms with E-state index in [1.54, 1.807) is 0 Å². The largest absolute Gasteiger partial charge is 0.247 e. The van der Waals surface area contributed by atoms with Crippen LogP contribution < -0.4 is 0 Å². The highest BCUT2D eigenvalue weighted by Gasteiger charge is 2.42. The molecule has 3 saturated carbocycles. The summed E-state index contributed by atoms with van der Waals surface area (Å²) < 4.78 is 42.2. The summed E-state index contributed by atoms with van der Waals surface area (Å²) in [6.45, 7) is 6.29. The van der Waals surface area contributed by atoms with Crippen LogP contribution in [0.2, 0.25) is 0 Å². The van der Waals surface area contributed by atoms with Crippen LogP contribution in [0.15, 0.2) is 0 Å². The molecule has 24 heavy (non-hydrogen) atoms. The minimum Gasteiger partial charge on any atom is -0.247 e. The van der Waals surface area contributed by atoms with E-state index in [0.29, 0.717) is 25.2 Å². The maximum Gasteiger partial charge on any atom is 0.106 e. The normalized spacial score (nSPS) is 46.8. The number of hydrogen-bond acceptors (Lipinski definition) is 0. The van der Waals surface area contributed by atoms with Crippen LogP contribution in [0.5, 0.6) is 0 Å². The Bertz CT molecular complexity index is 351. The molecule has 0 aromatic heterocycles. The van der Waals surface area contributed by atoms with Crippen molar-refractivity contribution in [3.8, 4) is 0 Å². The quantitative estimate of drug-likeness (QED) is 0.501. The third-order valence-corrected chi connectivity index (χ3v) is 6.89. The fourth-order valence-electron chi connectivity index (χ4n) is 5.43. The first kappa shape index (κ1) is 20.1. The van der Waals surface area contributed by atoms with Crippen molar-refractivity contribution in [1.29, 1.82) is 0 Å². The SMILES string of the molecule is CC.CC1CCC(C2CCC(C3CCC(F)CC3F)CC2F)CC1. The van der Waals surface area contributed by atoms with Crippen molar-refractivity contribution in [1.82, 2.24) is 0 Å². The molecule has 0 radical (unpaired) electrons. The minimum atomic E-state index is -1.05. The zero-order valence-corrected chi connectivity index (χ0v) is 15.8. The Labute approximate surface area is 147 Å². The standard InChI is InChI=1S/C19H31F3.C2H6/c1-12-2-4-13(5-3-12)16-8-6-14(10-18(16)21)17-9-7-15(20)11-19(17)22;1-2/h12-19H,2-11H2,1H3;1-2H3. The van der Waals surface area contributed by atoms with E-state index in [0.717, 1.165) is 18.8 Å². The summed E-state index contributed by atoms with van der Waals surface area (Å²) >= 11 is 0. The highest BCUT2D eigenvalue weighted by Crippen LogP contribution is 2.47. The second-order valence-electron chi connectivity index (χ2n) is 8.36. The average Bonchev–Trinajstić information content (AvgIpc) is 2.58. The molecule has 0 aliphatic heterocycles. The summed E-state index contributed by atoms with van der Waals surface area (Å²) in [6.07, 6.45) is 5.59. The zero-order valence-electron chi connectivity index (χ0n) is 15.8. The second kappa shape index (κ2) is 9.48. The number of hydrogen-bond donors (Lipinski definition) is 0. The summed E-state index contributed by atoms with van der Waals surface area (Å²) in [7, 11) is 0. The fraction of sp³-hybridized carbons (Fsp3) is 1.00. The fourth-order valence-corrected chi connectivity index (χ4v) is 5.43. The van der Waals surface area contributed by atoms with Gasteiger partial charge in [-0.2, -0.15) is 0 Å². The van der Waals surface area contributed by atoms with Gasteiger partial charge in [-0.3, -0.25) is 0 Å². The summed E-state index contributed by atoms with van der Waals surface area (Å²) in [5.74, 6) is 1.62. The molecule has 0 bridgehead atoms. The van der Waals surface area contributed by atoms with Crippen molar-refractivity contribution >= 4 is 0 Å². The molecule has 3 rings (SSSR count). The van der Waals surface area contributed by atoms with Gasteiger partial charge in [0, 0.05) is 6.42 Å². The minimum absolute atomic E-state index is 0.0437. The molecule has 0 heterocycles. The van der Waals surface area contributed by atoms with Gasteiger partial charge < -0.3 is 0 Å². The molecule has 0 aromatic rings.